The van der Waals surface area contributed by atoms with E-state index in [1.165, 1.54) is 18.7 Å². The van der Waals surface area contributed by atoms with Gasteiger partial charge in [-0.05, 0) is 12.1 Å². The SMILES string of the molecule is CNc1ncc(C(=O)O)c(Nc2cccc(N=S(C)(C)=O)n2)n1. The number of hydrogen-bond acceptors (Lipinski definition) is 8. The van der Waals surface area contributed by atoms with E-state index in [-0.39, 0.29) is 23.1 Å². The Bertz CT molecular complexity index is 853. The molecule has 2 aromatic heterocycles. The number of hydrogen-bond donors (Lipinski definition) is 3. The van der Waals surface area contributed by atoms with Crippen LogP contribution in [0.3, 0.4) is 0 Å². The van der Waals surface area contributed by atoms with Crippen molar-refractivity contribution in [3.05, 3.63) is 30.0 Å². The molecule has 0 fully saturated rings. The highest BCUT2D eigenvalue weighted by Gasteiger charge is 2.14. The van der Waals surface area contributed by atoms with Crippen molar-refractivity contribution in [1.82, 2.24) is 15.0 Å². The van der Waals surface area contributed by atoms with Crippen molar-refractivity contribution in [2.24, 2.45) is 4.36 Å². The number of rotatable bonds is 5. The molecule has 2 heterocycles. The first kappa shape index (κ1) is 16.6. The molecular formula is C13H16N6O3S. The molecule has 10 heteroatoms. The van der Waals surface area contributed by atoms with Gasteiger partial charge in [-0.3, -0.25) is 0 Å². The largest absolute Gasteiger partial charge is 0.477 e. The van der Waals surface area contributed by atoms with E-state index in [0.29, 0.717) is 5.82 Å². The molecule has 23 heavy (non-hydrogen) atoms. The summed E-state index contributed by atoms with van der Waals surface area (Å²) in [6.07, 6.45) is 4.20. The molecule has 3 N–H and O–H groups in total. The highest BCUT2D eigenvalue weighted by molar-refractivity contribution is 7.92. The predicted octanol–water partition coefficient (Wildman–Crippen LogP) is 1.71. The number of anilines is 3. The van der Waals surface area contributed by atoms with Gasteiger partial charge in [0.05, 0.1) is 0 Å². The van der Waals surface area contributed by atoms with Gasteiger partial charge < -0.3 is 15.7 Å². The quantitative estimate of drug-likeness (QED) is 0.752. The molecule has 0 unspecified atom stereocenters. The van der Waals surface area contributed by atoms with Crippen LogP contribution in [0.4, 0.5) is 23.4 Å². The fourth-order valence-corrected chi connectivity index (χ4v) is 2.20. The summed E-state index contributed by atoms with van der Waals surface area (Å²) in [4.78, 5) is 23.4. The van der Waals surface area contributed by atoms with Crippen molar-refractivity contribution in [3.8, 4) is 0 Å². The van der Waals surface area contributed by atoms with Gasteiger partial charge in [-0.15, -0.1) is 0 Å². The van der Waals surface area contributed by atoms with Crippen LogP contribution in [0.1, 0.15) is 10.4 Å². The summed E-state index contributed by atoms with van der Waals surface area (Å²) in [5.74, 6) is -0.192. The molecule has 122 valence electrons. The zero-order valence-corrected chi connectivity index (χ0v) is 13.6. The van der Waals surface area contributed by atoms with Gasteiger partial charge in [-0.25, -0.2) is 19.0 Å². The van der Waals surface area contributed by atoms with E-state index in [2.05, 4.69) is 29.9 Å². The third-order valence-electron chi connectivity index (χ3n) is 2.54. The Morgan fingerprint density at radius 2 is 2.04 bits per heavy atom. The third kappa shape index (κ3) is 4.61. The summed E-state index contributed by atoms with van der Waals surface area (Å²) in [5.41, 5.74) is -0.0945. The minimum atomic E-state index is -2.34. The van der Waals surface area contributed by atoms with E-state index < -0.39 is 15.7 Å². The fourth-order valence-electron chi connectivity index (χ4n) is 1.64. The van der Waals surface area contributed by atoms with Crippen molar-refractivity contribution in [2.45, 2.75) is 0 Å². The number of aromatic carboxylic acids is 1. The van der Waals surface area contributed by atoms with Crippen molar-refractivity contribution in [3.63, 3.8) is 0 Å². The Morgan fingerprint density at radius 1 is 1.30 bits per heavy atom. The van der Waals surface area contributed by atoms with Crippen LogP contribution < -0.4 is 10.6 Å². The van der Waals surface area contributed by atoms with Gasteiger partial charge >= 0.3 is 5.97 Å². The van der Waals surface area contributed by atoms with Crippen molar-refractivity contribution < 1.29 is 14.1 Å². The normalized spacial score (nSPS) is 10.9. The van der Waals surface area contributed by atoms with Crippen LogP contribution >= 0.6 is 0 Å². The summed E-state index contributed by atoms with van der Waals surface area (Å²) < 4.78 is 15.7. The van der Waals surface area contributed by atoms with Crippen LogP contribution in [-0.4, -0.2) is 49.8 Å². The Kier molecular flexibility index (Phi) is 4.74. The zero-order valence-electron chi connectivity index (χ0n) is 12.8. The molecule has 0 aliphatic heterocycles. The number of carboxylic acids is 1. The summed E-state index contributed by atoms with van der Waals surface area (Å²) in [6, 6.07) is 4.90. The first-order valence-corrected chi connectivity index (χ1v) is 8.81. The first-order chi connectivity index (χ1) is 10.8. The topological polar surface area (TPSA) is 129 Å². The molecule has 0 aliphatic carbocycles. The molecule has 0 radical (unpaired) electrons. The lowest BCUT2D eigenvalue weighted by Crippen LogP contribution is -2.09. The highest BCUT2D eigenvalue weighted by Crippen LogP contribution is 2.21. The number of carbonyl (C=O) groups is 1. The Labute approximate surface area is 133 Å². The Balaban J connectivity index is 2.41. The molecule has 0 aliphatic rings. The van der Waals surface area contributed by atoms with Crippen molar-refractivity contribution in [1.29, 1.82) is 0 Å². The monoisotopic (exact) mass is 336 g/mol. The third-order valence-corrected chi connectivity index (χ3v) is 3.16. The molecule has 0 spiro atoms. The summed E-state index contributed by atoms with van der Waals surface area (Å²) in [7, 11) is -0.723. The lowest BCUT2D eigenvalue weighted by Gasteiger charge is -2.09. The minimum absolute atomic E-state index is 0.0928. The smallest absolute Gasteiger partial charge is 0.341 e. The molecule has 0 saturated carbocycles. The lowest BCUT2D eigenvalue weighted by molar-refractivity contribution is 0.0697. The lowest BCUT2D eigenvalue weighted by atomic mass is 10.3. The van der Waals surface area contributed by atoms with Crippen LogP contribution in [0.15, 0.2) is 28.8 Å². The van der Waals surface area contributed by atoms with Gasteiger partial charge in [0, 0.05) is 35.5 Å². The maximum Gasteiger partial charge on any atom is 0.341 e. The number of carboxylic acid groups (broad SMARTS) is 1. The number of pyridine rings is 1. The van der Waals surface area contributed by atoms with E-state index in [1.807, 2.05) is 0 Å². The van der Waals surface area contributed by atoms with Gasteiger partial charge in [-0.1, -0.05) is 6.07 Å². The van der Waals surface area contributed by atoms with Gasteiger partial charge in [0.25, 0.3) is 0 Å². The molecule has 2 rings (SSSR count). The van der Waals surface area contributed by atoms with Crippen LogP contribution in [0.5, 0.6) is 0 Å². The van der Waals surface area contributed by atoms with Crippen LogP contribution in [-0.2, 0) is 9.73 Å². The molecule has 0 aromatic carbocycles. The van der Waals surface area contributed by atoms with Gasteiger partial charge in [0.2, 0.25) is 5.95 Å². The van der Waals surface area contributed by atoms with E-state index >= 15 is 0 Å². The van der Waals surface area contributed by atoms with E-state index in [1.54, 1.807) is 25.2 Å². The molecular weight excluding hydrogens is 320 g/mol. The van der Waals surface area contributed by atoms with Crippen molar-refractivity contribution in [2.75, 3.05) is 30.2 Å². The molecule has 0 bridgehead atoms. The standard InChI is InChI=1S/C13H16N6O3S/c1-14-13-15-7-8(12(20)21)11(18-13)17-9-5-4-6-10(16-9)19-23(2,3)22/h4-7H,1-3H3,(H,20,21)(H2,14,15,16,17,18). The minimum Gasteiger partial charge on any atom is -0.477 e. The summed E-state index contributed by atoms with van der Waals surface area (Å²) in [5, 5.41) is 14.7. The second kappa shape index (κ2) is 6.57. The van der Waals surface area contributed by atoms with Crippen LogP contribution in [0, 0.1) is 0 Å². The first-order valence-electron chi connectivity index (χ1n) is 6.48. The number of nitrogens with one attached hydrogen (secondary N) is 2. The Morgan fingerprint density at radius 3 is 2.65 bits per heavy atom. The Hall–Kier alpha value is -2.75. The van der Waals surface area contributed by atoms with E-state index in [4.69, 9.17) is 0 Å². The second-order valence-electron chi connectivity index (χ2n) is 4.79. The summed E-state index contributed by atoms with van der Waals surface area (Å²) >= 11 is 0. The van der Waals surface area contributed by atoms with Gasteiger partial charge in [-0.2, -0.15) is 9.35 Å². The van der Waals surface area contributed by atoms with E-state index in [0.717, 1.165) is 0 Å². The number of nitrogens with zero attached hydrogens (tertiary/aromatic N) is 4. The second-order valence-corrected chi connectivity index (χ2v) is 7.33. The summed E-state index contributed by atoms with van der Waals surface area (Å²) in [6.45, 7) is 0. The van der Waals surface area contributed by atoms with Gasteiger partial charge in [0.1, 0.15) is 11.4 Å². The predicted molar refractivity (Wildman–Crippen MR) is 88.1 cm³/mol. The van der Waals surface area contributed by atoms with Crippen LogP contribution in [0.2, 0.25) is 0 Å². The average molecular weight is 336 g/mol. The molecule has 0 atom stereocenters. The highest BCUT2D eigenvalue weighted by atomic mass is 32.2. The van der Waals surface area contributed by atoms with E-state index in [9.17, 15) is 14.1 Å². The molecule has 9 nitrogen and oxygen atoms in total. The fraction of sp³-hybridized carbons (Fsp3) is 0.231. The molecule has 0 amide bonds. The maximum atomic E-state index is 11.7. The maximum absolute atomic E-state index is 11.7. The van der Waals surface area contributed by atoms with Gasteiger partial charge in [0.15, 0.2) is 11.6 Å². The zero-order chi connectivity index (χ0) is 17.0. The van der Waals surface area contributed by atoms with Crippen molar-refractivity contribution >= 4 is 39.1 Å². The van der Waals surface area contributed by atoms with Crippen LogP contribution in [0.25, 0.3) is 0 Å². The number of aromatic nitrogens is 3. The molecule has 2 aromatic rings. The average Bonchev–Trinajstić information content (AvgIpc) is 2.45. The molecule has 0 saturated heterocycles.